The molecule has 4 atom stereocenters. The van der Waals surface area contributed by atoms with Gasteiger partial charge in [-0.2, -0.15) is 0 Å². The Morgan fingerprint density at radius 3 is 2.54 bits per heavy atom. The van der Waals surface area contributed by atoms with E-state index in [1.165, 1.54) is 0 Å². The number of carbonyl (C=O) groups excluding carboxylic acids is 2. The zero-order valence-electron chi connectivity index (χ0n) is 14.0. The van der Waals surface area contributed by atoms with Gasteiger partial charge in [-0.3, -0.25) is 14.4 Å². The zero-order valence-corrected chi connectivity index (χ0v) is 14.8. The molecule has 7 heteroatoms. The van der Waals surface area contributed by atoms with Crippen LogP contribution in [-0.4, -0.2) is 29.4 Å². The van der Waals surface area contributed by atoms with Gasteiger partial charge in [0.15, 0.2) is 0 Å². The molecule has 4 unspecified atom stereocenters. The highest BCUT2D eigenvalue weighted by Gasteiger charge is 2.51. The highest BCUT2D eigenvalue weighted by atomic mass is 35.5. The summed E-state index contributed by atoms with van der Waals surface area (Å²) >= 11 is 6.31. The smallest absolute Gasteiger partial charge is 0.307 e. The maximum Gasteiger partial charge on any atom is 0.307 e. The van der Waals surface area contributed by atoms with Gasteiger partial charge in [0, 0.05) is 18.7 Å². The Morgan fingerprint density at radius 2 is 1.92 bits per heavy atom. The summed E-state index contributed by atoms with van der Waals surface area (Å²) in [5.74, 6) is -2.53. The lowest BCUT2D eigenvalue weighted by atomic mass is 9.82. The first-order valence-corrected chi connectivity index (χ1v) is 9.15. The highest BCUT2D eigenvalue weighted by Crippen LogP contribution is 2.48. The van der Waals surface area contributed by atoms with Crippen LogP contribution >= 0.6 is 11.6 Å². The monoisotopic (exact) mass is 374 g/mol. The maximum absolute atomic E-state index is 12.7. The van der Waals surface area contributed by atoms with Crippen LogP contribution < -0.4 is 10.2 Å². The highest BCUT2D eigenvalue weighted by molar-refractivity contribution is 6.34. The molecule has 3 aliphatic rings. The predicted octanol–water partition coefficient (Wildman–Crippen LogP) is 2.93. The van der Waals surface area contributed by atoms with E-state index in [-0.39, 0.29) is 23.7 Å². The lowest BCUT2D eigenvalue weighted by molar-refractivity contribution is -0.146. The Hall–Kier alpha value is -2.34. The van der Waals surface area contributed by atoms with Gasteiger partial charge in [0.1, 0.15) is 0 Å². The average Bonchev–Trinajstić information content (AvgIpc) is 3.30. The topological polar surface area (TPSA) is 86.7 Å². The number of allylic oxidation sites excluding steroid dienone is 2. The number of hydrogen-bond acceptors (Lipinski definition) is 3. The Bertz CT molecular complexity index is 822. The Kier molecular flexibility index (Phi) is 4.23. The van der Waals surface area contributed by atoms with E-state index in [9.17, 15) is 19.5 Å². The van der Waals surface area contributed by atoms with E-state index in [1.807, 2.05) is 12.2 Å². The molecule has 6 nitrogen and oxygen atoms in total. The molecule has 2 amide bonds. The second-order valence-corrected chi connectivity index (χ2v) is 7.55. The van der Waals surface area contributed by atoms with E-state index in [4.69, 9.17) is 11.6 Å². The van der Waals surface area contributed by atoms with Crippen molar-refractivity contribution >= 4 is 40.8 Å². The van der Waals surface area contributed by atoms with Gasteiger partial charge in [-0.05, 0) is 42.9 Å². The number of rotatable bonds is 4. The first-order chi connectivity index (χ1) is 12.5. The fraction of sp³-hybridized carbons (Fsp3) is 0.421. The third-order valence-corrected chi connectivity index (χ3v) is 5.93. The van der Waals surface area contributed by atoms with Gasteiger partial charge in [-0.25, -0.2) is 0 Å². The van der Waals surface area contributed by atoms with Crippen LogP contribution in [0.2, 0.25) is 5.02 Å². The zero-order chi connectivity index (χ0) is 18.4. The molecule has 2 fully saturated rings. The second kappa shape index (κ2) is 6.43. The fourth-order valence-corrected chi connectivity index (χ4v) is 4.73. The molecule has 4 rings (SSSR count). The lowest BCUT2D eigenvalue weighted by Crippen LogP contribution is -2.36. The molecule has 1 aliphatic heterocycles. The normalized spacial score (nSPS) is 29.4. The van der Waals surface area contributed by atoms with Crippen molar-refractivity contribution in [2.24, 2.45) is 23.7 Å². The quantitative estimate of drug-likeness (QED) is 0.793. The molecule has 2 N–H and O–H groups in total. The van der Waals surface area contributed by atoms with Crippen LogP contribution in [0, 0.1) is 23.7 Å². The van der Waals surface area contributed by atoms with Crippen molar-refractivity contribution in [3.63, 3.8) is 0 Å². The van der Waals surface area contributed by atoms with E-state index in [2.05, 4.69) is 5.32 Å². The molecule has 1 aromatic rings. The van der Waals surface area contributed by atoms with Gasteiger partial charge in [-0.1, -0.05) is 23.8 Å². The number of carbonyl (C=O) groups is 3. The minimum absolute atomic E-state index is 0.0296. The van der Waals surface area contributed by atoms with Gasteiger partial charge >= 0.3 is 5.97 Å². The number of nitrogens with one attached hydrogen (secondary N) is 1. The van der Waals surface area contributed by atoms with Gasteiger partial charge in [0.2, 0.25) is 11.8 Å². The first-order valence-electron chi connectivity index (χ1n) is 8.77. The molecule has 0 spiro atoms. The summed E-state index contributed by atoms with van der Waals surface area (Å²) in [6, 6.07) is 5.03. The molecule has 1 saturated heterocycles. The number of carboxylic acids is 1. The van der Waals surface area contributed by atoms with Crippen molar-refractivity contribution in [1.82, 2.24) is 0 Å². The Morgan fingerprint density at radius 1 is 1.19 bits per heavy atom. The summed E-state index contributed by atoms with van der Waals surface area (Å²) in [5, 5.41) is 12.7. The maximum atomic E-state index is 12.7. The van der Waals surface area contributed by atoms with Crippen molar-refractivity contribution in [1.29, 1.82) is 0 Å². The van der Waals surface area contributed by atoms with Crippen LogP contribution in [0.15, 0.2) is 30.4 Å². The van der Waals surface area contributed by atoms with Crippen molar-refractivity contribution in [2.75, 3.05) is 16.8 Å². The first kappa shape index (κ1) is 17.1. The predicted molar refractivity (Wildman–Crippen MR) is 97.0 cm³/mol. The van der Waals surface area contributed by atoms with Crippen LogP contribution in [-0.2, 0) is 14.4 Å². The van der Waals surface area contributed by atoms with Crippen molar-refractivity contribution in [3.8, 4) is 0 Å². The molecule has 1 aromatic carbocycles. The second-order valence-electron chi connectivity index (χ2n) is 7.14. The van der Waals surface area contributed by atoms with Crippen LogP contribution in [0.1, 0.15) is 19.3 Å². The van der Waals surface area contributed by atoms with E-state index in [0.717, 1.165) is 6.42 Å². The number of anilines is 2. The van der Waals surface area contributed by atoms with Crippen LogP contribution in [0.5, 0.6) is 0 Å². The SMILES string of the molecule is O=C(O)C1C2C=CC(C2)C1C(=O)Nc1ccc(N2CCCC2=O)c(Cl)c1. The molecule has 1 saturated carbocycles. The molecule has 136 valence electrons. The molecule has 2 bridgehead atoms. The van der Waals surface area contributed by atoms with Gasteiger partial charge < -0.3 is 15.3 Å². The number of carboxylic acid groups (broad SMARTS) is 1. The number of hydrogen-bond donors (Lipinski definition) is 2. The number of amides is 2. The van der Waals surface area contributed by atoms with Crippen molar-refractivity contribution in [2.45, 2.75) is 19.3 Å². The number of halogens is 1. The number of fused-ring (bicyclic) bond motifs is 2. The van der Waals surface area contributed by atoms with Crippen molar-refractivity contribution < 1.29 is 19.5 Å². The van der Waals surface area contributed by atoms with E-state index >= 15 is 0 Å². The van der Waals surface area contributed by atoms with E-state index in [0.29, 0.717) is 35.8 Å². The average molecular weight is 375 g/mol. The number of benzene rings is 1. The van der Waals surface area contributed by atoms with Crippen LogP contribution in [0.3, 0.4) is 0 Å². The standard InChI is InChI=1S/C19H19ClN2O4/c20-13-9-12(5-6-14(13)22-7-1-2-15(22)23)21-18(24)16-10-3-4-11(8-10)17(16)19(25)26/h3-6,9-11,16-17H,1-2,7-8H2,(H,21,24)(H,25,26). The van der Waals surface area contributed by atoms with Crippen LogP contribution in [0.4, 0.5) is 11.4 Å². The summed E-state index contributed by atoms with van der Waals surface area (Å²) in [4.78, 5) is 37.8. The van der Waals surface area contributed by atoms with Crippen LogP contribution in [0.25, 0.3) is 0 Å². The summed E-state index contributed by atoms with van der Waals surface area (Å²) < 4.78 is 0. The third kappa shape index (κ3) is 2.78. The minimum Gasteiger partial charge on any atom is -0.481 e. The van der Waals surface area contributed by atoms with Gasteiger partial charge in [-0.15, -0.1) is 0 Å². The van der Waals surface area contributed by atoms with Gasteiger partial charge in [0.25, 0.3) is 0 Å². The molecule has 2 aliphatic carbocycles. The van der Waals surface area contributed by atoms with E-state index < -0.39 is 17.8 Å². The molecule has 0 radical (unpaired) electrons. The van der Waals surface area contributed by atoms with Crippen molar-refractivity contribution in [3.05, 3.63) is 35.4 Å². The summed E-state index contributed by atoms with van der Waals surface area (Å²) in [6.07, 6.45) is 5.90. The lowest BCUT2D eigenvalue weighted by Gasteiger charge is -2.24. The summed E-state index contributed by atoms with van der Waals surface area (Å²) in [6.45, 7) is 0.641. The van der Waals surface area contributed by atoms with E-state index in [1.54, 1.807) is 23.1 Å². The molecule has 1 heterocycles. The minimum atomic E-state index is -0.928. The number of nitrogens with zero attached hydrogens (tertiary/aromatic N) is 1. The summed E-state index contributed by atoms with van der Waals surface area (Å²) in [7, 11) is 0. The summed E-state index contributed by atoms with van der Waals surface area (Å²) in [5.41, 5.74) is 1.14. The molecular weight excluding hydrogens is 356 g/mol. The largest absolute Gasteiger partial charge is 0.481 e. The third-order valence-electron chi connectivity index (χ3n) is 5.63. The van der Waals surface area contributed by atoms with Gasteiger partial charge in [0.05, 0.1) is 22.5 Å². The molecular formula is C19H19ClN2O4. The number of aliphatic carboxylic acids is 1. The fourth-order valence-electron chi connectivity index (χ4n) is 4.45. The Labute approximate surface area is 155 Å². The molecule has 0 aromatic heterocycles. The molecule has 26 heavy (non-hydrogen) atoms. The Balaban J connectivity index is 1.51.